The van der Waals surface area contributed by atoms with Gasteiger partial charge >= 0.3 is 12.1 Å². The second-order valence-corrected chi connectivity index (χ2v) is 9.93. The molecule has 1 fully saturated rings. The molecule has 1 aliphatic carbocycles. The van der Waals surface area contributed by atoms with Crippen LogP contribution in [0, 0.1) is 17.8 Å². The maximum Gasteiger partial charge on any atom is 0.407 e. The number of ether oxygens (including phenoxy) is 2. The van der Waals surface area contributed by atoms with Crippen molar-refractivity contribution in [3.63, 3.8) is 0 Å². The zero-order valence-corrected chi connectivity index (χ0v) is 20.9. The topological polar surface area (TPSA) is 88.1 Å². The fraction of sp³-hybridized carbons (Fsp3) is 0.692. The van der Waals surface area contributed by atoms with Crippen LogP contribution in [0.1, 0.15) is 64.9 Å². The van der Waals surface area contributed by atoms with E-state index < -0.39 is 11.7 Å². The van der Waals surface area contributed by atoms with E-state index in [-0.39, 0.29) is 24.2 Å². The van der Waals surface area contributed by atoms with Crippen LogP contribution in [0.15, 0.2) is 24.3 Å². The first kappa shape index (κ1) is 27.1. The van der Waals surface area contributed by atoms with Crippen molar-refractivity contribution in [1.82, 2.24) is 10.2 Å². The molecule has 1 aromatic rings. The molecule has 1 saturated carbocycles. The van der Waals surface area contributed by atoms with Crippen molar-refractivity contribution in [3.8, 4) is 5.75 Å². The fourth-order valence-corrected chi connectivity index (χ4v) is 4.84. The van der Waals surface area contributed by atoms with E-state index in [1.165, 1.54) is 0 Å². The van der Waals surface area contributed by atoms with E-state index in [1.54, 1.807) is 19.1 Å². The smallest absolute Gasteiger partial charge is 0.407 e. The number of nitrogens with one attached hydrogen (secondary N) is 1. The third-order valence-electron chi connectivity index (χ3n) is 6.26. The molecule has 0 spiro atoms. The number of rotatable bonds is 11. The largest absolute Gasteiger partial charge is 0.450 e. The molecule has 0 aromatic heterocycles. The van der Waals surface area contributed by atoms with E-state index in [4.69, 9.17) is 9.47 Å². The van der Waals surface area contributed by atoms with Crippen LogP contribution in [0.3, 0.4) is 0 Å². The molecule has 0 saturated heterocycles. The minimum Gasteiger partial charge on any atom is -0.450 e. The van der Waals surface area contributed by atoms with Gasteiger partial charge in [0.1, 0.15) is 5.75 Å². The summed E-state index contributed by atoms with van der Waals surface area (Å²) in [5.74, 6) is 0.573. The van der Waals surface area contributed by atoms with Crippen LogP contribution in [0.4, 0.5) is 4.79 Å². The monoisotopic (exact) mass is 462 g/mol. The molecule has 0 heterocycles. The van der Waals surface area contributed by atoms with E-state index in [0.29, 0.717) is 31.2 Å². The number of carbonyl (C=O) groups is 2. The van der Waals surface area contributed by atoms with E-state index in [0.717, 1.165) is 37.8 Å². The van der Waals surface area contributed by atoms with Crippen molar-refractivity contribution in [1.29, 1.82) is 0 Å². The molecule has 7 nitrogen and oxygen atoms in total. The van der Waals surface area contributed by atoms with Gasteiger partial charge in [0.25, 0.3) is 0 Å². The summed E-state index contributed by atoms with van der Waals surface area (Å²) in [5.41, 5.74) is -0.114. The van der Waals surface area contributed by atoms with Crippen LogP contribution >= 0.6 is 0 Å². The summed E-state index contributed by atoms with van der Waals surface area (Å²) in [6.07, 6.45) is 4.29. The molecule has 2 unspecified atom stereocenters. The first-order chi connectivity index (χ1) is 15.6. The predicted molar refractivity (Wildman–Crippen MR) is 129 cm³/mol. The van der Waals surface area contributed by atoms with E-state index >= 15 is 0 Å². The van der Waals surface area contributed by atoms with Crippen molar-refractivity contribution in [2.75, 3.05) is 33.8 Å². The van der Waals surface area contributed by atoms with Crippen LogP contribution in [0.2, 0.25) is 0 Å². The van der Waals surface area contributed by atoms with Gasteiger partial charge in [0.15, 0.2) is 0 Å². The van der Waals surface area contributed by atoms with Crippen molar-refractivity contribution in [2.24, 2.45) is 17.8 Å². The molecule has 0 bridgehead atoms. The Balaban J connectivity index is 2.06. The molecular formula is C26H42N2O5. The molecule has 7 heteroatoms. The van der Waals surface area contributed by atoms with Gasteiger partial charge in [-0.25, -0.2) is 4.79 Å². The standard InChI is InChI=1S/C26H42N2O5/c1-6-32-25(30)27-17-20(14-19(2)3)15-24(29)33-23-12-9-11-21(16-23)26(31)13-8-7-10-22(26)18-28(4)5/h9,11-12,16,19-20,22,31H,6-8,10,13-15,17-18H2,1-5H3,(H,27,30)/t20?,22?,26-/m1/s1. The average Bonchev–Trinajstić information content (AvgIpc) is 2.73. The minimum atomic E-state index is -0.922. The van der Waals surface area contributed by atoms with Crippen LogP contribution < -0.4 is 10.1 Å². The number of hydrogen-bond donors (Lipinski definition) is 2. The maximum absolute atomic E-state index is 12.7. The first-order valence-corrected chi connectivity index (χ1v) is 12.2. The number of nitrogens with zero attached hydrogens (tertiary/aromatic N) is 1. The van der Waals surface area contributed by atoms with Crippen molar-refractivity contribution < 1.29 is 24.2 Å². The lowest BCUT2D eigenvalue weighted by Crippen LogP contribution is -2.43. The second kappa shape index (κ2) is 12.9. The molecule has 1 amide bonds. The van der Waals surface area contributed by atoms with Crippen LogP contribution in [0.5, 0.6) is 5.75 Å². The Bertz CT molecular complexity index is 767. The molecule has 3 atom stereocenters. The van der Waals surface area contributed by atoms with E-state index in [2.05, 4.69) is 24.1 Å². The lowest BCUT2D eigenvalue weighted by molar-refractivity contribution is -0.135. The maximum atomic E-state index is 12.7. The Labute approximate surface area is 198 Å². The number of amides is 1. The summed E-state index contributed by atoms with van der Waals surface area (Å²) in [4.78, 5) is 26.5. The van der Waals surface area contributed by atoms with Crippen LogP contribution in [0.25, 0.3) is 0 Å². The van der Waals surface area contributed by atoms with Crippen molar-refractivity contribution in [2.45, 2.75) is 64.9 Å². The number of alkyl carbamates (subject to hydrolysis) is 1. The first-order valence-electron chi connectivity index (χ1n) is 12.2. The summed E-state index contributed by atoms with van der Waals surface area (Å²) in [6.45, 7) is 7.40. The Morgan fingerprint density at radius 1 is 1.27 bits per heavy atom. The highest BCUT2D eigenvalue weighted by atomic mass is 16.5. The van der Waals surface area contributed by atoms with Gasteiger partial charge in [-0.2, -0.15) is 0 Å². The summed E-state index contributed by atoms with van der Waals surface area (Å²) in [6, 6.07) is 7.32. The summed E-state index contributed by atoms with van der Waals surface area (Å²) < 4.78 is 10.6. The molecular weight excluding hydrogens is 420 g/mol. The SMILES string of the molecule is CCOC(=O)NCC(CC(=O)Oc1cccc([C@]2(O)CCCCC2CN(C)C)c1)CC(C)C. The quantitative estimate of drug-likeness (QED) is 0.376. The Morgan fingerprint density at radius 3 is 2.70 bits per heavy atom. The molecule has 2 rings (SSSR count). The highest BCUT2D eigenvalue weighted by Gasteiger charge is 2.40. The van der Waals surface area contributed by atoms with Gasteiger partial charge in [-0.1, -0.05) is 38.8 Å². The lowest BCUT2D eigenvalue weighted by Gasteiger charge is -2.41. The summed E-state index contributed by atoms with van der Waals surface area (Å²) in [5, 5.41) is 14.3. The Morgan fingerprint density at radius 2 is 2.03 bits per heavy atom. The zero-order valence-electron chi connectivity index (χ0n) is 20.9. The van der Waals surface area contributed by atoms with Gasteiger partial charge in [-0.05, 0) is 69.8 Å². The molecule has 33 heavy (non-hydrogen) atoms. The predicted octanol–water partition coefficient (Wildman–Crippen LogP) is 4.33. The fourth-order valence-electron chi connectivity index (χ4n) is 4.84. The second-order valence-electron chi connectivity index (χ2n) is 9.93. The van der Waals surface area contributed by atoms with Crippen molar-refractivity contribution >= 4 is 12.1 Å². The highest BCUT2D eigenvalue weighted by molar-refractivity contribution is 5.73. The minimum absolute atomic E-state index is 0.0444. The van der Waals surface area contributed by atoms with Crippen LogP contribution in [-0.4, -0.2) is 55.9 Å². The lowest BCUT2D eigenvalue weighted by atomic mass is 9.71. The Hall–Kier alpha value is -2.12. The van der Waals surface area contributed by atoms with Gasteiger partial charge in [0.05, 0.1) is 18.6 Å². The summed E-state index contributed by atoms with van der Waals surface area (Å²) in [7, 11) is 4.05. The Kier molecular flexibility index (Phi) is 10.6. The average molecular weight is 463 g/mol. The number of aliphatic hydroxyl groups is 1. The number of carbonyl (C=O) groups excluding carboxylic acids is 2. The van der Waals surface area contributed by atoms with E-state index in [1.807, 2.05) is 26.2 Å². The van der Waals surface area contributed by atoms with Crippen LogP contribution in [-0.2, 0) is 15.1 Å². The normalized spacial score (nSPS) is 21.6. The van der Waals surface area contributed by atoms with Gasteiger partial charge in [-0.3, -0.25) is 4.79 Å². The highest BCUT2D eigenvalue weighted by Crippen LogP contribution is 2.42. The van der Waals surface area contributed by atoms with Gasteiger partial charge in [0, 0.05) is 19.0 Å². The number of hydrogen-bond acceptors (Lipinski definition) is 6. The molecule has 0 radical (unpaired) electrons. The molecule has 1 aromatic carbocycles. The third kappa shape index (κ3) is 8.63. The van der Waals surface area contributed by atoms with Gasteiger partial charge in [-0.15, -0.1) is 0 Å². The molecule has 2 N–H and O–H groups in total. The van der Waals surface area contributed by atoms with Gasteiger partial charge in [0.2, 0.25) is 0 Å². The third-order valence-corrected chi connectivity index (χ3v) is 6.26. The van der Waals surface area contributed by atoms with Crippen molar-refractivity contribution in [3.05, 3.63) is 29.8 Å². The number of esters is 1. The zero-order chi connectivity index (χ0) is 24.4. The van der Waals surface area contributed by atoms with Gasteiger partial charge < -0.3 is 24.8 Å². The summed E-state index contributed by atoms with van der Waals surface area (Å²) >= 11 is 0. The molecule has 186 valence electrons. The molecule has 0 aliphatic heterocycles. The number of benzene rings is 1. The van der Waals surface area contributed by atoms with E-state index in [9.17, 15) is 14.7 Å². The molecule has 1 aliphatic rings.